The van der Waals surface area contributed by atoms with E-state index in [2.05, 4.69) is 19.2 Å². The molecular weight excluding hydrogens is 261 g/mol. The van der Waals surface area contributed by atoms with Crippen LogP contribution in [0.15, 0.2) is 18.2 Å². The molecule has 3 heteroatoms. The van der Waals surface area contributed by atoms with Gasteiger partial charge in [0.15, 0.2) is 0 Å². The van der Waals surface area contributed by atoms with Crippen molar-refractivity contribution >= 4 is 11.6 Å². The van der Waals surface area contributed by atoms with E-state index in [4.69, 9.17) is 11.6 Å². The van der Waals surface area contributed by atoms with Gasteiger partial charge >= 0.3 is 0 Å². The minimum Gasteiger partial charge on any atom is -0.314 e. The van der Waals surface area contributed by atoms with Gasteiger partial charge in [0.1, 0.15) is 5.82 Å². The summed E-state index contributed by atoms with van der Waals surface area (Å²) in [6.45, 7) is 5.55. The minimum absolute atomic E-state index is 0.235. The van der Waals surface area contributed by atoms with Crippen molar-refractivity contribution in [2.45, 2.75) is 45.6 Å². The Morgan fingerprint density at radius 1 is 1.37 bits per heavy atom. The number of rotatable bonds is 5. The van der Waals surface area contributed by atoms with Gasteiger partial charge in [-0.15, -0.1) is 0 Å². The van der Waals surface area contributed by atoms with E-state index in [0.29, 0.717) is 17.9 Å². The second-order valence-electron chi connectivity index (χ2n) is 5.67. The maximum absolute atomic E-state index is 13.9. The molecule has 1 aliphatic carbocycles. The lowest BCUT2D eigenvalue weighted by Gasteiger charge is -2.22. The lowest BCUT2D eigenvalue weighted by atomic mass is 9.89. The Morgan fingerprint density at radius 2 is 2.16 bits per heavy atom. The first-order valence-corrected chi connectivity index (χ1v) is 7.67. The highest BCUT2D eigenvalue weighted by molar-refractivity contribution is 6.30. The predicted octanol–water partition coefficient (Wildman–Crippen LogP) is 4.44. The Labute approximate surface area is 120 Å². The summed E-state index contributed by atoms with van der Waals surface area (Å²) in [7, 11) is 0. The summed E-state index contributed by atoms with van der Waals surface area (Å²) < 4.78 is 13.9. The first kappa shape index (κ1) is 14.8. The number of hydrogen-bond donors (Lipinski definition) is 1. The van der Waals surface area contributed by atoms with Gasteiger partial charge in [0.25, 0.3) is 0 Å². The van der Waals surface area contributed by atoms with Crippen LogP contribution in [0.3, 0.4) is 0 Å². The minimum atomic E-state index is -0.235. The molecule has 0 saturated heterocycles. The highest BCUT2D eigenvalue weighted by Crippen LogP contribution is 2.35. The lowest BCUT2D eigenvalue weighted by molar-refractivity contribution is 0.348. The maximum Gasteiger partial charge on any atom is 0.144 e. The molecule has 1 aliphatic rings. The number of benzene rings is 1. The SMILES string of the molecule is CCCNC1CCC(Cc2cccc(Cl)c2F)C1C. The molecule has 19 heavy (non-hydrogen) atoms. The fourth-order valence-electron chi connectivity index (χ4n) is 3.14. The van der Waals surface area contributed by atoms with Gasteiger partial charge in [0.05, 0.1) is 5.02 Å². The molecule has 0 bridgehead atoms. The molecule has 3 atom stereocenters. The molecule has 2 rings (SSSR count). The highest BCUT2D eigenvalue weighted by atomic mass is 35.5. The van der Waals surface area contributed by atoms with E-state index in [1.165, 1.54) is 12.8 Å². The van der Waals surface area contributed by atoms with Gasteiger partial charge in [0, 0.05) is 6.04 Å². The van der Waals surface area contributed by atoms with Crippen molar-refractivity contribution in [3.63, 3.8) is 0 Å². The second kappa shape index (κ2) is 6.71. The van der Waals surface area contributed by atoms with E-state index in [0.717, 1.165) is 24.9 Å². The van der Waals surface area contributed by atoms with Crippen LogP contribution in [0.2, 0.25) is 5.02 Å². The van der Waals surface area contributed by atoms with Crippen LogP contribution in [0.5, 0.6) is 0 Å². The van der Waals surface area contributed by atoms with Crippen molar-refractivity contribution in [2.24, 2.45) is 11.8 Å². The van der Waals surface area contributed by atoms with E-state index in [-0.39, 0.29) is 10.8 Å². The van der Waals surface area contributed by atoms with Gasteiger partial charge in [-0.2, -0.15) is 0 Å². The van der Waals surface area contributed by atoms with Crippen molar-refractivity contribution in [1.82, 2.24) is 5.32 Å². The molecule has 1 aromatic rings. The Morgan fingerprint density at radius 3 is 2.89 bits per heavy atom. The largest absolute Gasteiger partial charge is 0.314 e. The third-order valence-corrected chi connectivity index (χ3v) is 4.69. The van der Waals surface area contributed by atoms with Gasteiger partial charge in [-0.3, -0.25) is 0 Å². The molecule has 0 aliphatic heterocycles. The Balaban J connectivity index is 1.98. The van der Waals surface area contributed by atoms with Crippen molar-refractivity contribution in [1.29, 1.82) is 0 Å². The van der Waals surface area contributed by atoms with Crippen LogP contribution in [-0.2, 0) is 6.42 Å². The topological polar surface area (TPSA) is 12.0 Å². The maximum atomic E-state index is 13.9. The molecule has 0 radical (unpaired) electrons. The van der Waals surface area contributed by atoms with Crippen LogP contribution in [0.1, 0.15) is 38.7 Å². The molecule has 0 spiro atoms. The van der Waals surface area contributed by atoms with Crippen LogP contribution in [0.25, 0.3) is 0 Å². The van der Waals surface area contributed by atoms with Crippen molar-refractivity contribution in [3.8, 4) is 0 Å². The van der Waals surface area contributed by atoms with E-state index >= 15 is 0 Å². The third-order valence-electron chi connectivity index (χ3n) is 4.40. The molecule has 3 unspecified atom stereocenters. The molecule has 106 valence electrons. The summed E-state index contributed by atoms with van der Waals surface area (Å²) in [5.41, 5.74) is 0.764. The average molecular weight is 284 g/mol. The zero-order valence-corrected chi connectivity index (χ0v) is 12.5. The van der Waals surface area contributed by atoms with Crippen LogP contribution < -0.4 is 5.32 Å². The van der Waals surface area contributed by atoms with Crippen LogP contribution in [0, 0.1) is 17.7 Å². The normalized spacial score (nSPS) is 26.8. The fraction of sp³-hybridized carbons (Fsp3) is 0.625. The first-order valence-electron chi connectivity index (χ1n) is 7.29. The highest BCUT2D eigenvalue weighted by Gasteiger charge is 2.32. The Kier molecular flexibility index (Phi) is 5.23. The Bertz CT molecular complexity index is 421. The first-order chi connectivity index (χ1) is 9.13. The lowest BCUT2D eigenvalue weighted by Crippen LogP contribution is -2.33. The van der Waals surface area contributed by atoms with E-state index in [1.807, 2.05) is 12.1 Å². The average Bonchev–Trinajstić information content (AvgIpc) is 2.74. The van der Waals surface area contributed by atoms with Gasteiger partial charge in [0.2, 0.25) is 0 Å². The van der Waals surface area contributed by atoms with Gasteiger partial charge in [-0.05, 0) is 55.7 Å². The smallest absolute Gasteiger partial charge is 0.144 e. The molecule has 0 aromatic heterocycles. The molecule has 1 fully saturated rings. The van der Waals surface area contributed by atoms with E-state index in [9.17, 15) is 4.39 Å². The molecule has 1 saturated carbocycles. The van der Waals surface area contributed by atoms with Crippen molar-refractivity contribution in [3.05, 3.63) is 34.6 Å². The van der Waals surface area contributed by atoms with Crippen LogP contribution in [-0.4, -0.2) is 12.6 Å². The molecule has 1 N–H and O–H groups in total. The number of nitrogens with one attached hydrogen (secondary N) is 1. The second-order valence-corrected chi connectivity index (χ2v) is 6.08. The number of halogens is 2. The Hall–Kier alpha value is -0.600. The third kappa shape index (κ3) is 3.49. The number of hydrogen-bond acceptors (Lipinski definition) is 1. The van der Waals surface area contributed by atoms with Gasteiger partial charge in [-0.25, -0.2) is 4.39 Å². The molecule has 1 nitrogen and oxygen atoms in total. The zero-order valence-electron chi connectivity index (χ0n) is 11.8. The van der Waals surface area contributed by atoms with Crippen molar-refractivity contribution in [2.75, 3.05) is 6.54 Å². The summed E-state index contributed by atoms with van der Waals surface area (Å²) in [5.74, 6) is 0.925. The summed E-state index contributed by atoms with van der Waals surface area (Å²) >= 11 is 5.85. The molecule has 0 heterocycles. The summed E-state index contributed by atoms with van der Waals surface area (Å²) in [5, 5.41) is 3.84. The van der Waals surface area contributed by atoms with E-state index in [1.54, 1.807) is 6.07 Å². The summed E-state index contributed by atoms with van der Waals surface area (Å²) in [6.07, 6.45) is 4.34. The predicted molar refractivity (Wildman–Crippen MR) is 79.1 cm³/mol. The molecule has 0 amide bonds. The quantitative estimate of drug-likeness (QED) is 0.843. The van der Waals surface area contributed by atoms with Gasteiger partial charge in [-0.1, -0.05) is 37.6 Å². The fourth-order valence-corrected chi connectivity index (χ4v) is 3.34. The summed E-state index contributed by atoms with van der Waals surface area (Å²) in [6, 6.07) is 5.91. The van der Waals surface area contributed by atoms with E-state index < -0.39 is 0 Å². The van der Waals surface area contributed by atoms with Crippen LogP contribution >= 0.6 is 11.6 Å². The van der Waals surface area contributed by atoms with Crippen LogP contribution in [0.4, 0.5) is 4.39 Å². The zero-order chi connectivity index (χ0) is 13.8. The molecule has 1 aromatic carbocycles. The standard InChI is InChI=1S/C16H23ClFN/c1-3-9-19-15-8-7-12(11(15)2)10-13-5-4-6-14(17)16(13)18/h4-6,11-12,15,19H,3,7-10H2,1-2H3. The monoisotopic (exact) mass is 283 g/mol. The van der Waals surface area contributed by atoms with Crippen molar-refractivity contribution < 1.29 is 4.39 Å². The molecular formula is C16H23ClFN. The van der Waals surface area contributed by atoms with Gasteiger partial charge < -0.3 is 5.32 Å². The summed E-state index contributed by atoms with van der Waals surface area (Å²) in [4.78, 5) is 0.